The highest BCUT2D eigenvalue weighted by molar-refractivity contribution is 6.06. The van der Waals surface area contributed by atoms with Crippen molar-refractivity contribution in [1.82, 2.24) is 9.78 Å². The van der Waals surface area contributed by atoms with E-state index >= 15 is 0 Å². The van der Waals surface area contributed by atoms with Crippen LogP contribution in [0.3, 0.4) is 0 Å². The van der Waals surface area contributed by atoms with Crippen LogP contribution >= 0.6 is 0 Å². The first-order chi connectivity index (χ1) is 16.1. The summed E-state index contributed by atoms with van der Waals surface area (Å²) < 4.78 is 44.0. The molecular weight excluding hydrogens is 453 g/mol. The summed E-state index contributed by atoms with van der Waals surface area (Å²) in [7, 11) is 3.11. The van der Waals surface area contributed by atoms with Crippen molar-refractivity contribution in [2.75, 3.05) is 7.11 Å². The number of alkyl halides is 3. The summed E-state index contributed by atoms with van der Waals surface area (Å²) in [4.78, 5) is 21.0. The fraction of sp³-hybridized carbons (Fsp3) is 0.125. The van der Waals surface area contributed by atoms with Crippen molar-refractivity contribution in [3.8, 4) is 22.6 Å². The zero-order valence-electron chi connectivity index (χ0n) is 18.0. The number of fused-ring (bicyclic) bond motifs is 1. The molecule has 0 saturated heterocycles. The number of esters is 1. The number of para-hydroxylation sites is 1. The molecule has 4 aromatic rings. The van der Waals surface area contributed by atoms with E-state index in [2.05, 4.69) is 5.10 Å². The zero-order chi connectivity index (χ0) is 24.9. The van der Waals surface area contributed by atoms with Crippen molar-refractivity contribution in [2.45, 2.75) is 6.18 Å². The van der Waals surface area contributed by atoms with E-state index in [0.717, 1.165) is 33.5 Å². The Labute approximate surface area is 193 Å². The molecule has 178 valence electrons. The van der Waals surface area contributed by atoms with Gasteiger partial charge in [-0.15, -0.1) is 0 Å². The van der Waals surface area contributed by atoms with E-state index in [-0.39, 0.29) is 1.43 Å². The molecule has 7 nitrogen and oxygen atoms in total. The molecule has 0 radical (unpaired) electrons. The highest BCUT2D eigenvalue weighted by Crippen LogP contribution is 2.31. The predicted octanol–water partition coefficient (Wildman–Crippen LogP) is 5.70. The molecule has 1 aromatic heterocycles. The first kappa shape index (κ1) is 24.3. The highest BCUT2D eigenvalue weighted by Gasteiger charge is 2.38. The first-order valence-electron chi connectivity index (χ1n) is 9.79. The molecule has 0 amide bonds. The van der Waals surface area contributed by atoms with Gasteiger partial charge >= 0.3 is 18.1 Å². The predicted molar refractivity (Wildman–Crippen MR) is 120 cm³/mol. The summed E-state index contributed by atoms with van der Waals surface area (Å²) in [5.41, 5.74) is 3.15. The van der Waals surface area contributed by atoms with Crippen LogP contribution in [0.15, 0.2) is 72.8 Å². The lowest BCUT2D eigenvalue weighted by atomic mass is 10.0. The number of carbonyl (C=O) groups is 2. The van der Waals surface area contributed by atoms with Gasteiger partial charge in [0.25, 0.3) is 0 Å². The van der Waals surface area contributed by atoms with Crippen LogP contribution in [0.2, 0.25) is 0 Å². The number of rotatable bonds is 4. The molecular formula is C24H21F3N2O5. The lowest BCUT2D eigenvalue weighted by Gasteiger charge is -2.07. The van der Waals surface area contributed by atoms with Gasteiger partial charge in [-0.3, -0.25) is 4.68 Å². The van der Waals surface area contributed by atoms with Gasteiger partial charge in [0, 0.05) is 19.4 Å². The number of benzene rings is 3. The molecule has 0 spiro atoms. The summed E-state index contributed by atoms with van der Waals surface area (Å²) in [5, 5.41) is 12.4. The number of hydrogen-bond donors (Lipinski definition) is 1. The van der Waals surface area contributed by atoms with E-state index < -0.39 is 18.1 Å². The van der Waals surface area contributed by atoms with Gasteiger partial charge in [0.1, 0.15) is 17.0 Å². The SMILES string of the molecule is COC(=O)c1c2cccc(-c3ccc(Oc4ccccc4)cc3)c2nn1C.O=C(O)C(F)(F)F.[HH]. The third-order valence-electron chi connectivity index (χ3n) is 4.63. The molecule has 0 bridgehead atoms. The van der Waals surface area contributed by atoms with Gasteiger partial charge in [-0.05, 0) is 29.8 Å². The molecule has 0 aliphatic carbocycles. The third kappa shape index (κ3) is 5.52. The summed E-state index contributed by atoms with van der Waals surface area (Å²) in [6.07, 6.45) is -5.08. The second-order valence-corrected chi connectivity index (χ2v) is 6.91. The smallest absolute Gasteiger partial charge is 0.475 e. The van der Waals surface area contributed by atoms with Gasteiger partial charge in [-0.1, -0.05) is 48.5 Å². The second kappa shape index (κ2) is 10.1. The number of aliphatic carboxylic acids is 1. The Morgan fingerprint density at radius 2 is 1.53 bits per heavy atom. The van der Waals surface area contributed by atoms with Crippen LogP contribution in [0.1, 0.15) is 11.9 Å². The molecule has 0 aliphatic heterocycles. The van der Waals surface area contributed by atoms with Crippen LogP contribution in [0.5, 0.6) is 11.5 Å². The van der Waals surface area contributed by atoms with Crippen molar-refractivity contribution in [1.29, 1.82) is 0 Å². The second-order valence-electron chi connectivity index (χ2n) is 6.91. The molecule has 0 fully saturated rings. The van der Waals surface area contributed by atoms with Gasteiger partial charge in [-0.25, -0.2) is 9.59 Å². The van der Waals surface area contributed by atoms with Crippen molar-refractivity contribution < 1.29 is 38.8 Å². The quantitative estimate of drug-likeness (QED) is 0.382. The van der Waals surface area contributed by atoms with Crippen molar-refractivity contribution in [2.24, 2.45) is 7.05 Å². The van der Waals surface area contributed by atoms with E-state index in [1.165, 1.54) is 7.11 Å². The van der Waals surface area contributed by atoms with E-state index in [0.29, 0.717) is 5.69 Å². The third-order valence-corrected chi connectivity index (χ3v) is 4.63. The van der Waals surface area contributed by atoms with Crippen LogP contribution in [-0.4, -0.2) is 40.1 Å². The Bertz CT molecular complexity index is 1310. The molecule has 10 heteroatoms. The number of nitrogens with zero attached hydrogens (tertiary/aromatic N) is 2. The number of carboxylic acids is 1. The molecule has 0 atom stereocenters. The lowest BCUT2D eigenvalue weighted by molar-refractivity contribution is -0.192. The summed E-state index contributed by atoms with van der Waals surface area (Å²) in [6, 6.07) is 23.2. The molecule has 0 saturated carbocycles. The maximum Gasteiger partial charge on any atom is 0.490 e. The fourth-order valence-corrected chi connectivity index (χ4v) is 3.12. The minimum Gasteiger partial charge on any atom is -0.475 e. The maximum absolute atomic E-state index is 12.1. The Kier molecular flexibility index (Phi) is 7.20. The molecule has 34 heavy (non-hydrogen) atoms. The van der Waals surface area contributed by atoms with Crippen LogP contribution in [0, 0.1) is 0 Å². The Morgan fingerprint density at radius 1 is 0.941 bits per heavy atom. The van der Waals surface area contributed by atoms with Crippen LogP contribution in [0.4, 0.5) is 13.2 Å². The monoisotopic (exact) mass is 474 g/mol. The zero-order valence-corrected chi connectivity index (χ0v) is 18.0. The number of carbonyl (C=O) groups excluding carboxylic acids is 1. The number of hydrogen-bond acceptors (Lipinski definition) is 5. The van der Waals surface area contributed by atoms with E-state index in [1.807, 2.05) is 72.8 Å². The van der Waals surface area contributed by atoms with Gasteiger partial charge < -0.3 is 14.6 Å². The standard InChI is InChI=1S/C22H18N2O3.C2HF3O2.H2/c1-24-21(22(25)26-2)19-10-6-9-18(20(19)23-24)15-11-13-17(14-12-15)27-16-7-4-3-5-8-16;3-2(4,5)1(6)7;/h3-14H,1-2H3;(H,6,7);1H. The number of aromatic nitrogens is 2. The fourth-order valence-electron chi connectivity index (χ4n) is 3.12. The van der Waals surface area contributed by atoms with Gasteiger partial charge in [-0.2, -0.15) is 18.3 Å². The summed E-state index contributed by atoms with van der Waals surface area (Å²) in [5.74, 6) is -1.61. The first-order valence-corrected chi connectivity index (χ1v) is 9.79. The van der Waals surface area contributed by atoms with Crippen LogP contribution < -0.4 is 4.74 Å². The topological polar surface area (TPSA) is 90.7 Å². The van der Waals surface area contributed by atoms with Crippen molar-refractivity contribution in [3.05, 3.63) is 78.5 Å². The Morgan fingerprint density at radius 3 is 2.09 bits per heavy atom. The molecule has 0 unspecified atom stereocenters. The molecule has 1 heterocycles. The minimum atomic E-state index is -5.08. The Balaban J connectivity index is 0.000000476. The van der Waals surface area contributed by atoms with Crippen molar-refractivity contribution in [3.63, 3.8) is 0 Å². The van der Waals surface area contributed by atoms with Gasteiger partial charge in [0.2, 0.25) is 0 Å². The molecule has 4 rings (SSSR count). The highest BCUT2D eigenvalue weighted by atomic mass is 19.4. The van der Waals surface area contributed by atoms with Crippen LogP contribution in [0.25, 0.3) is 22.0 Å². The largest absolute Gasteiger partial charge is 0.490 e. The lowest BCUT2D eigenvalue weighted by Crippen LogP contribution is -2.21. The van der Waals surface area contributed by atoms with Crippen LogP contribution in [-0.2, 0) is 16.6 Å². The molecule has 3 aromatic carbocycles. The average molecular weight is 474 g/mol. The normalized spacial score (nSPS) is 10.9. The number of carboxylic acid groups (broad SMARTS) is 1. The minimum absolute atomic E-state index is 0. The van der Waals surface area contributed by atoms with E-state index in [4.69, 9.17) is 19.4 Å². The average Bonchev–Trinajstić information content (AvgIpc) is 3.15. The molecule has 0 aliphatic rings. The van der Waals surface area contributed by atoms with E-state index in [9.17, 15) is 18.0 Å². The van der Waals surface area contributed by atoms with Crippen molar-refractivity contribution >= 4 is 22.8 Å². The maximum atomic E-state index is 12.1. The summed E-state index contributed by atoms with van der Waals surface area (Å²) in [6.45, 7) is 0. The number of halogens is 3. The summed E-state index contributed by atoms with van der Waals surface area (Å²) >= 11 is 0. The van der Waals surface area contributed by atoms with Gasteiger partial charge in [0.05, 0.1) is 7.11 Å². The Hall–Kier alpha value is -4.34. The van der Waals surface area contributed by atoms with E-state index in [1.54, 1.807) is 11.7 Å². The molecule has 1 N–H and O–H groups in total. The number of ether oxygens (including phenoxy) is 2. The number of methoxy groups -OCH3 is 1. The number of aryl methyl sites for hydroxylation is 1. The van der Waals surface area contributed by atoms with Gasteiger partial charge in [0.15, 0.2) is 5.69 Å².